The van der Waals surface area contributed by atoms with E-state index in [9.17, 15) is 0 Å². The van der Waals surface area contributed by atoms with Crippen LogP contribution in [0.3, 0.4) is 0 Å². The van der Waals surface area contributed by atoms with E-state index in [0.717, 1.165) is 11.8 Å². The first-order valence-electron chi connectivity index (χ1n) is 6.35. The van der Waals surface area contributed by atoms with Crippen LogP contribution in [0.4, 0.5) is 0 Å². The van der Waals surface area contributed by atoms with Crippen LogP contribution in [0, 0.1) is 24.7 Å². The van der Waals surface area contributed by atoms with E-state index in [-0.39, 0.29) is 40.0 Å². The SMILES string of the molecule is [Br-].[CH2-][C@H](C)CCC[C@H](C)CCCC(C)C.[Mg+2]. The van der Waals surface area contributed by atoms with Gasteiger partial charge in [0.05, 0.1) is 0 Å². The number of hydrogen-bond acceptors (Lipinski definition) is 0. The van der Waals surface area contributed by atoms with Crippen LogP contribution in [-0.2, 0) is 0 Å². The van der Waals surface area contributed by atoms with E-state index < -0.39 is 0 Å². The standard InChI is InChI=1S/C14H29.BrH.Mg/c1-12(2)8-6-10-14(5)11-7-9-13(3)4;;/h12-14H,1,6-11H2,2-5H3;1H;/q-1;;+2/p-1/t12-,14+;;/m1../s1. The smallest absolute Gasteiger partial charge is 1.00 e. The van der Waals surface area contributed by atoms with Gasteiger partial charge in [0.2, 0.25) is 0 Å². The average molecular weight is 302 g/mol. The van der Waals surface area contributed by atoms with Crippen LogP contribution in [0.25, 0.3) is 0 Å². The maximum Gasteiger partial charge on any atom is 2.00 e. The van der Waals surface area contributed by atoms with Gasteiger partial charge in [0.1, 0.15) is 0 Å². The molecule has 94 valence electrons. The minimum absolute atomic E-state index is 0. The van der Waals surface area contributed by atoms with Crippen molar-refractivity contribution in [2.24, 2.45) is 17.8 Å². The predicted molar refractivity (Wildman–Crippen MR) is 72.0 cm³/mol. The largest absolute Gasteiger partial charge is 2.00 e. The van der Waals surface area contributed by atoms with Crippen molar-refractivity contribution < 1.29 is 17.0 Å². The van der Waals surface area contributed by atoms with Crippen LogP contribution in [0.15, 0.2) is 0 Å². The second-order valence-electron chi connectivity index (χ2n) is 5.47. The molecular formula is C14H29BrMg. The summed E-state index contributed by atoms with van der Waals surface area (Å²) in [5.41, 5.74) is 0. The molecular weight excluding hydrogens is 272 g/mol. The molecule has 0 amide bonds. The molecule has 0 aliphatic carbocycles. The molecule has 2 atom stereocenters. The Morgan fingerprint density at radius 3 is 1.62 bits per heavy atom. The molecule has 0 aliphatic heterocycles. The van der Waals surface area contributed by atoms with Crippen LogP contribution >= 0.6 is 0 Å². The fraction of sp³-hybridized carbons (Fsp3) is 0.929. The Balaban J connectivity index is -0.000000845. The van der Waals surface area contributed by atoms with E-state index in [1.807, 2.05) is 0 Å². The average Bonchev–Trinajstić information content (AvgIpc) is 2.02. The van der Waals surface area contributed by atoms with Crippen molar-refractivity contribution in [3.05, 3.63) is 6.92 Å². The summed E-state index contributed by atoms with van der Waals surface area (Å²) in [5, 5.41) is 0. The molecule has 0 aromatic rings. The summed E-state index contributed by atoms with van der Waals surface area (Å²) in [6.07, 6.45) is 8.30. The van der Waals surface area contributed by atoms with Gasteiger partial charge in [-0.15, -0.1) is 0 Å². The first-order chi connectivity index (χ1) is 6.52. The van der Waals surface area contributed by atoms with Crippen molar-refractivity contribution in [3.63, 3.8) is 0 Å². The van der Waals surface area contributed by atoms with Crippen LogP contribution in [-0.4, -0.2) is 23.1 Å². The molecule has 2 heteroatoms. The molecule has 0 saturated heterocycles. The fourth-order valence-electron chi connectivity index (χ4n) is 1.83. The zero-order valence-electron chi connectivity index (χ0n) is 11.8. The molecule has 0 spiro atoms. The summed E-state index contributed by atoms with van der Waals surface area (Å²) in [5.74, 6) is 2.44. The van der Waals surface area contributed by atoms with Gasteiger partial charge in [-0.3, -0.25) is 0 Å². The van der Waals surface area contributed by atoms with Crippen molar-refractivity contribution in [2.45, 2.75) is 66.2 Å². The normalized spacial score (nSPS) is 13.9. The Labute approximate surface area is 130 Å². The minimum atomic E-state index is 0. The van der Waals surface area contributed by atoms with E-state index in [0.29, 0.717) is 5.92 Å². The van der Waals surface area contributed by atoms with Gasteiger partial charge in [0.15, 0.2) is 0 Å². The molecule has 0 rings (SSSR count). The van der Waals surface area contributed by atoms with Gasteiger partial charge in [-0.25, -0.2) is 0 Å². The molecule has 0 radical (unpaired) electrons. The van der Waals surface area contributed by atoms with Gasteiger partial charge in [-0.1, -0.05) is 66.2 Å². The predicted octanol–water partition coefficient (Wildman–Crippen LogP) is 1.71. The van der Waals surface area contributed by atoms with Crippen molar-refractivity contribution in [1.82, 2.24) is 0 Å². The monoisotopic (exact) mass is 300 g/mol. The van der Waals surface area contributed by atoms with Crippen molar-refractivity contribution in [1.29, 1.82) is 0 Å². The second kappa shape index (κ2) is 14.3. The second-order valence-corrected chi connectivity index (χ2v) is 5.47. The van der Waals surface area contributed by atoms with Crippen LogP contribution < -0.4 is 17.0 Å². The maximum absolute atomic E-state index is 4.02. The zero-order valence-corrected chi connectivity index (χ0v) is 14.8. The first kappa shape index (κ1) is 22.4. The molecule has 0 bridgehead atoms. The molecule has 0 heterocycles. The third kappa shape index (κ3) is 17.6. The van der Waals surface area contributed by atoms with Crippen molar-refractivity contribution in [3.8, 4) is 0 Å². The van der Waals surface area contributed by atoms with E-state index in [1.165, 1.54) is 38.5 Å². The summed E-state index contributed by atoms with van der Waals surface area (Å²) in [4.78, 5) is 0. The maximum atomic E-state index is 4.02. The molecule has 0 N–H and O–H groups in total. The topological polar surface area (TPSA) is 0 Å². The summed E-state index contributed by atoms with van der Waals surface area (Å²) in [6.45, 7) is 13.3. The fourth-order valence-corrected chi connectivity index (χ4v) is 1.83. The molecule has 0 aromatic carbocycles. The summed E-state index contributed by atoms with van der Waals surface area (Å²) < 4.78 is 0. The minimum Gasteiger partial charge on any atom is -1.00 e. The zero-order chi connectivity index (χ0) is 11.0. The van der Waals surface area contributed by atoms with E-state index in [1.54, 1.807) is 0 Å². The Hall–Kier alpha value is 1.25. The van der Waals surface area contributed by atoms with Gasteiger partial charge in [-0.2, -0.15) is 5.92 Å². The Bertz CT molecular complexity index is 110. The molecule has 0 saturated carbocycles. The quantitative estimate of drug-likeness (QED) is 0.473. The van der Waals surface area contributed by atoms with Crippen LogP contribution in [0.2, 0.25) is 0 Å². The molecule has 0 aromatic heterocycles. The van der Waals surface area contributed by atoms with Crippen LogP contribution in [0.1, 0.15) is 66.2 Å². The third-order valence-electron chi connectivity index (χ3n) is 2.87. The Morgan fingerprint density at radius 1 is 0.812 bits per heavy atom. The molecule has 0 aliphatic rings. The molecule has 0 nitrogen and oxygen atoms in total. The van der Waals surface area contributed by atoms with E-state index in [2.05, 4.69) is 34.6 Å². The first-order valence-corrected chi connectivity index (χ1v) is 6.35. The van der Waals surface area contributed by atoms with Crippen LogP contribution in [0.5, 0.6) is 0 Å². The van der Waals surface area contributed by atoms with Gasteiger partial charge in [0, 0.05) is 0 Å². The summed E-state index contributed by atoms with van der Waals surface area (Å²) >= 11 is 0. The Kier molecular flexibility index (Phi) is 20.1. The number of hydrogen-bond donors (Lipinski definition) is 0. The summed E-state index contributed by atoms with van der Waals surface area (Å²) in [6, 6.07) is 0. The molecule has 0 fully saturated rings. The third-order valence-corrected chi connectivity index (χ3v) is 2.87. The van der Waals surface area contributed by atoms with E-state index >= 15 is 0 Å². The van der Waals surface area contributed by atoms with Gasteiger partial charge >= 0.3 is 23.1 Å². The Morgan fingerprint density at radius 2 is 1.25 bits per heavy atom. The van der Waals surface area contributed by atoms with Gasteiger partial charge in [0.25, 0.3) is 0 Å². The van der Waals surface area contributed by atoms with Gasteiger partial charge in [-0.05, 0) is 11.8 Å². The van der Waals surface area contributed by atoms with Crippen molar-refractivity contribution in [2.75, 3.05) is 0 Å². The number of halogens is 1. The van der Waals surface area contributed by atoms with Crippen molar-refractivity contribution >= 4 is 23.1 Å². The van der Waals surface area contributed by atoms with E-state index in [4.69, 9.17) is 0 Å². The molecule has 0 unspecified atom stereocenters. The number of rotatable bonds is 8. The molecule has 16 heavy (non-hydrogen) atoms. The summed E-state index contributed by atoms with van der Waals surface area (Å²) in [7, 11) is 0. The van der Waals surface area contributed by atoms with Gasteiger partial charge < -0.3 is 23.9 Å².